The summed E-state index contributed by atoms with van der Waals surface area (Å²) >= 11 is 6.44. The summed E-state index contributed by atoms with van der Waals surface area (Å²) in [5, 5.41) is 7.55. The first kappa shape index (κ1) is 21.5. The van der Waals surface area contributed by atoms with Crippen LogP contribution in [0.25, 0.3) is 11.8 Å². The number of carbonyl (C=O) groups is 3. The molecule has 0 unspecified atom stereocenters. The van der Waals surface area contributed by atoms with Crippen molar-refractivity contribution < 1.29 is 19.1 Å². The molecule has 0 saturated carbocycles. The Bertz CT molecular complexity index is 1230. The van der Waals surface area contributed by atoms with Crippen LogP contribution < -0.4 is 5.32 Å². The Kier molecular flexibility index (Phi) is 6.18. The zero-order valence-electron chi connectivity index (χ0n) is 17.3. The van der Waals surface area contributed by atoms with Crippen LogP contribution in [0.3, 0.4) is 0 Å². The van der Waals surface area contributed by atoms with E-state index in [2.05, 4.69) is 10.4 Å². The second-order valence-electron chi connectivity index (χ2n) is 7.32. The summed E-state index contributed by atoms with van der Waals surface area (Å²) < 4.78 is 6.68. The van der Waals surface area contributed by atoms with E-state index in [9.17, 15) is 14.4 Å². The third-order valence-corrected chi connectivity index (χ3v) is 5.47. The summed E-state index contributed by atoms with van der Waals surface area (Å²) in [6.07, 6.45) is 3.70. The van der Waals surface area contributed by atoms with Crippen molar-refractivity contribution in [2.24, 2.45) is 0 Å². The lowest BCUT2D eigenvalue weighted by molar-refractivity contribution is -0.136. The minimum Gasteiger partial charge on any atom is -0.454 e. The number of hydrogen-bond acceptors (Lipinski definition) is 5. The molecule has 2 aromatic carbocycles. The number of fused-ring (bicyclic) bond motifs is 1. The monoisotopic (exact) mass is 449 g/mol. The molecule has 0 bridgehead atoms. The lowest BCUT2D eigenvalue weighted by Crippen LogP contribution is -2.20. The van der Waals surface area contributed by atoms with Crippen molar-refractivity contribution in [1.29, 1.82) is 0 Å². The normalized spacial score (nSPS) is 13.0. The standard InChI is InChI=1S/C24H20ClN3O4/c1-15-19(24(25)28(27-15)18-5-3-2-4-6-18)9-12-23(31)32-14-21(29)17-7-10-20-16(13-17)8-11-22(30)26-20/h2-7,9-10,12-13H,8,11,14H2,1H3,(H,26,30)/b12-9+. The number of amides is 1. The van der Waals surface area contributed by atoms with Gasteiger partial charge in [-0.3, -0.25) is 9.59 Å². The molecule has 4 rings (SSSR count). The molecule has 8 heteroatoms. The Labute approximate surface area is 189 Å². The number of benzene rings is 2. The number of hydrogen-bond donors (Lipinski definition) is 1. The van der Waals surface area contributed by atoms with Crippen molar-refractivity contribution in [2.75, 3.05) is 11.9 Å². The SMILES string of the molecule is Cc1nn(-c2ccccc2)c(Cl)c1/C=C/C(=O)OCC(=O)c1ccc2c(c1)CCC(=O)N2. The van der Waals surface area contributed by atoms with Gasteiger partial charge in [-0.1, -0.05) is 29.8 Å². The van der Waals surface area contributed by atoms with Crippen molar-refractivity contribution in [1.82, 2.24) is 9.78 Å². The number of ketones is 1. The maximum atomic E-state index is 12.4. The van der Waals surface area contributed by atoms with Gasteiger partial charge in [0.15, 0.2) is 12.4 Å². The smallest absolute Gasteiger partial charge is 0.331 e. The van der Waals surface area contributed by atoms with Crippen LogP contribution in [0.4, 0.5) is 5.69 Å². The molecule has 0 aliphatic carbocycles. The van der Waals surface area contributed by atoms with Gasteiger partial charge in [0.2, 0.25) is 5.91 Å². The molecule has 0 spiro atoms. The molecule has 0 saturated heterocycles. The summed E-state index contributed by atoms with van der Waals surface area (Å²) in [4.78, 5) is 36.0. The summed E-state index contributed by atoms with van der Waals surface area (Å²) in [5.41, 5.74) is 4.08. The number of esters is 1. The van der Waals surface area contributed by atoms with E-state index >= 15 is 0 Å². The predicted octanol–water partition coefficient (Wildman–Crippen LogP) is 4.16. The molecule has 1 aliphatic rings. The van der Waals surface area contributed by atoms with Crippen LogP contribution in [0.15, 0.2) is 54.6 Å². The molecule has 162 valence electrons. The topological polar surface area (TPSA) is 90.3 Å². The van der Waals surface area contributed by atoms with Gasteiger partial charge in [0.25, 0.3) is 0 Å². The third kappa shape index (κ3) is 4.63. The summed E-state index contributed by atoms with van der Waals surface area (Å²) in [5.74, 6) is -1.02. The molecular weight excluding hydrogens is 430 g/mol. The van der Waals surface area contributed by atoms with Crippen molar-refractivity contribution in [3.63, 3.8) is 0 Å². The predicted molar refractivity (Wildman–Crippen MR) is 121 cm³/mol. The van der Waals surface area contributed by atoms with Crippen LogP contribution in [0.1, 0.15) is 33.6 Å². The quantitative estimate of drug-likeness (QED) is 0.346. The highest BCUT2D eigenvalue weighted by molar-refractivity contribution is 6.31. The van der Waals surface area contributed by atoms with E-state index in [0.717, 1.165) is 11.3 Å². The van der Waals surface area contributed by atoms with Crippen LogP contribution >= 0.6 is 11.6 Å². The number of nitrogens with zero attached hydrogens (tertiary/aromatic N) is 2. The molecule has 0 radical (unpaired) electrons. The first-order valence-corrected chi connectivity index (χ1v) is 10.4. The van der Waals surface area contributed by atoms with Gasteiger partial charge in [0.1, 0.15) is 5.15 Å². The average molecular weight is 450 g/mol. The fraction of sp³-hybridized carbons (Fsp3) is 0.167. The van der Waals surface area contributed by atoms with Gasteiger partial charge in [-0.2, -0.15) is 5.10 Å². The van der Waals surface area contributed by atoms with E-state index in [4.69, 9.17) is 16.3 Å². The van der Waals surface area contributed by atoms with Gasteiger partial charge < -0.3 is 10.1 Å². The number of halogens is 1. The molecule has 1 aliphatic heterocycles. The molecule has 7 nitrogen and oxygen atoms in total. The zero-order valence-corrected chi connectivity index (χ0v) is 18.1. The van der Waals surface area contributed by atoms with Crippen molar-refractivity contribution in [3.8, 4) is 5.69 Å². The Morgan fingerprint density at radius 3 is 2.75 bits per heavy atom. The molecule has 1 aromatic heterocycles. The van der Waals surface area contributed by atoms with Crippen molar-refractivity contribution >= 4 is 41.0 Å². The highest BCUT2D eigenvalue weighted by atomic mass is 35.5. The number of ether oxygens (including phenoxy) is 1. The summed E-state index contributed by atoms with van der Waals surface area (Å²) in [7, 11) is 0. The first-order valence-electron chi connectivity index (χ1n) is 10.0. The number of aryl methyl sites for hydroxylation is 2. The van der Waals surface area contributed by atoms with Crippen molar-refractivity contribution in [2.45, 2.75) is 19.8 Å². The zero-order chi connectivity index (χ0) is 22.7. The second-order valence-corrected chi connectivity index (χ2v) is 7.68. The van der Waals surface area contributed by atoms with Crippen LogP contribution in [-0.4, -0.2) is 34.0 Å². The van der Waals surface area contributed by atoms with Crippen LogP contribution in [-0.2, 0) is 20.7 Å². The summed E-state index contributed by atoms with van der Waals surface area (Å²) in [6, 6.07) is 14.4. The van der Waals surface area contributed by atoms with E-state index in [1.165, 1.54) is 12.2 Å². The molecule has 3 aromatic rings. The Morgan fingerprint density at radius 2 is 1.97 bits per heavy atom. The lowest BCUT2D eigenvalue weighted by Gasteiger charge is -2.17. The number of aromatic nitrogens is 2. The molecule has 1 amide bonds. The number of carbonyl (C=O) groups excluding carboxylic acids is 3. The maximum absolute atomic E-state index is 12.4. The van der Waals surface area contributed by atoms with Crippen molar-refractivity contribution in [3.05, 3.63) is 82.1 Å². The number of rotatable bonds is 6. The average Bonchev–Trinajstić information content (AvgIpc) is 3.09. The van der Waals surface area contributed by atoms with Crippen LogP contribution in [0, 0.1) is 6.92 Å². The Balaban J connectivity index is 1.39. The Hall–Kier alpha value is -3.71. The number of nitrogens with one attached hydrogen (secondary N) is 1. The van der Waals surface area contributed by atoms with E-state index in [0.29, 0.717) is 40.5 Å². The second kappa shape index (κ2) is 9.20. The number of para-hydroxylation sites is 1. The third-order valence-electron chi connectivity index (χ3n) is 5.10. The molecule has 0 atom stereocenters. The van der Waals surface area contributed by atoms with Crippen LogP contribution in [0.2, 0.25) is 5.15 Å². The van der Waals surface area contributed by atoms with E-state index in [-0.39, 0.29) is 18.3 Å². The Morgan fingerprint density at radius 1 is 1.19 bits per heavy atom. The van der Waals surface area contributed by atoms with Crippen LogP contribution in [0.5, 0.6) is 0 Å². The first-order chi connectivity index (χ1) is 15.4. The fourth-order valence-corrected chi connectivity index (χ4v) is 3.75. The van der Waals surface area contributed by atoms with E-state index in [1.54, 1.807) is 29.8 Å². The minimum absolute atomic E-state index is 0.0399. The van der Waals surface area contributed by atoms with E-state index in [1.807, 2.05) is 30.3 Å². The fourth-order valence-electron chi connectivity index (χ4n) is 3.42. The molecule has 0 fully saturated rings. The van der Waals surface area contributed by atoms with Gasteiger partial charge in [0, 0.05) is 29.3 Å². The number of anilines is 1. The molecular formula is C24H20ClN3O4. The molecule has 1 N–H and O–H groups in total. The number of Topliss-reactive ketones (excluding diaryl/α,β-unsaturated/α-hetero) is 1. The lowest BCUT2D eigenvalue weighted by atomic mass is 9.99. The van der Waals surface area contributed by atoms with Gasteiger partial charge in [-0.05, 0) is 55.3 Å². The van der Waals surface area contributed by atoms with Gasteiger partial charge in [-0.15, -0.1) is 0 Å². The van der Waals surface area contributed by atoms with Gasteiger partial charge in [0.05, 0.1) is 11.4 Å². The van der Waals surface area contributed by atoms with Gasteiger partial charge >= 0.3 is 5.97 Å². The maximum Gasteiger partial charge on any atom is 0.331 e. The highest BCUT2D eigenvalue weighted by Crippen LogP contribution is 2.25. The largest absolute Gasteiger partial charge is 0.454 e. The molecule has 2 heterocycles. The minimum atomic E-state index is -0.661. The van der Waals surface area contributed by atoms with E-state index < -0.39 is 5.97 Å². The molecule has 32 heavy (non-hydrogen) atoms. The summed E-state index contributed by atoms with van der Waals surface area (Å²) in [6.45, 7) is 1.41. The van der Waals surface area contributed by atoms with Gasteiger partial charge in [-0.25, -0.2) is 9.48 Å². The highest BCUT2D eigenvalue weighted by Gasteiger charge is 2.17.